The van der Waals surface area contributed by atoms with Crippen molar-refractivity contribution in [3.05, 3.63) is 0 Å². The molecule has 4 nitrogen and oxygen atoms in total. The first kappa shape index (κ1) is 11.5. The van der Waals surface area contributed by atoms with Crippen LogP contribution in [0.1, 0.15) is 39.0 Å². The fraction of sp³-hybridized carbons (Fsp3) is 0.889. The second-order valence-corrected chi connectivity index (χ2v) is 6.55. The summed E-state index contributed by atoms with van der Waals surface area (Å²) in [6, 6.07) is 0. The molecule has 0 heterocycles. The van der Waals surface area contributed by atoms with Gasteiger partial charge in [0.25, 0.3) is 0 Å². The molecule has 0 bridgehead atoms. The number of carbonyl (C=O) groups is 1. The average Bonchev–Trinajstić information content (AvgIpc) is 2.54. The Morgan fingerprint density at radius 3 is 2.36 bits per heavy atom. The molecule has 0 saturated heterocycles. The lowest BCUT2D eigenvalue weighted by Gasteiger charge is -2.16. The van der Waals surface area contributed by atoms with Gasteiger partial charge in [0.1, 0.15) is 0 Å². The van der Waals surface area contributed by atoms with Gasteiger partial charge in [-0.2, -0.15) is 0 Å². The van der Waals surface area contributed by atoms with Crippen LogP contribution in [0.4, 0.5) is 0 Å². The normalized spacial score (nSPS) is 20.9. The second kappa shape index (κ2) is 4.29. The van der Waals surface area contributed by atoms with E-state index in [0.29, 0.717) is 12.8 Å². The van der Waals surface area contributed by atoms with Crippen LogP contribution in [0.5, 0.6) is 0 Å². The largest absolute Gasteiger partial charge is 0.481 e. The van der Waals surface area contributed by atoms with Gasteiger partial charge in [-0.05, 0) is 19.8 Å². The molecular formula is C9H16O4S. The third-order valence-electron chi connectivity index (χ3n) is 2.79. The Morgan fingerprint density at radius 2 is 1.93 bits per heavy atom. The monoisotopic (exact) mass is 220 g/mol. The SMILES string of the molecule is CC(CC(=O)O)S(=O)(=O)C1CCCC1. The quantitative estimate of drug-likeness (QED) is 0.773. The molecule has 0 aromatic carbocycles. The first-order valence-corrected chi connectivity index (χ1v) is 6.50. The molecule has 1 aliphatic rings. The van der Waals surface area contributed by atoms with Crippen LogP contribution in [0.15, 0.2) is 0 Å². The highest BCUT2D eigenvalue weighted by molar-refractivity contribution is 7.92. The maximum absolute atomic E-state index is 11.8. The maximum atomic E-state index is 11.8. The molecule has 0 aromatic rings. The van der Waals surface area contributed by atoms with Gasteiger partial charge in [0, 0.05) is 0 Å². The highest BCUT2D eigenvalue weighted by Gasteiger charge is 2.34. The Morgan fingerprint density at radius 1 is 1.43 bits per heavy atom. The van der Waals surface area contributed by atoms with Gasteiger partial charge in [-0.25, -0.2) is 8.42 Å². The third-order valence-corrected chi connectivity index (χ3v) is 5.48. The van der Waals surface area contributed by atoms with E-state index in [1.807, 2.05) is 0 Å². The number of aliphatic carboxylic acids is 1. The standard InChI is InChI=1S/C9H16O4S/c1-7(6-9(10)11)14(12,13)8-4-2-3-5-8/h7-8H,2-6H2,1H3,(H,10,11). The minimum atomic E-state index is -3.21. The molecule has 1 rings (SSSR count). The van der Waals surface area contributed by atoms with E-state index in [-0.39, 0.29) is 11.7 Å². The van der Waals surface area contributed by atoms with Crippen LogP contribution in [0.2, 0.25) is 0 Å². The molecule has 1 unspecified atom stereocenters. The molecular weight excluding hydrogens is 204 g/mol. The zero-order valence-electron chi connectivity index (χ0n) is 8.27. The van der Waals surface area contributed by atoms with Crippen LogP contribution in [0.3, 0.4) is 0 Å². The van der Waals surface area contributed by atoms with Gasteiger partial charge in [-0.15, -0.1) is 0 Å². The Labute approximate surface area is 84.2 Å². The average molecular weight is 220 g/mol. The summed E-state index contributed by atoms with van der Waals surface area (Å²) < 4.78 is 23.6. The Hall–Kier alpha value is -0.580. The van der Waals surface area contributed by atoms with E-state index < -0.39 is 21.1 Å². The third kappa shape index (κ3) is 2.47. The summed E-state index contributed by atoms with van der Waals surface area (Å²) in [6.07, 6.45) is 3.02. The van der Waals surface area contributed by atoms with E-state index in [1.54, 1.807) is 0 Å². The molecule has 0 aliphatic heterocycles. The summed E-state index contributed by atoms with van der Waals surface area (Å²) in [4.78, 5) is 10.4. The zero-order valence-corrected chi connectivity index (χ0v) is 9.09. The van der Waals surface area contributed by atoms with Crippen LogP contribution in [0.25, 0.3) is 0 Å². The van der Waals surface area contributed by atoms with Crippen molar-refractivity contribution < 1.29 is 18.3 Å². The van der Waals surface area contributed by atoms with Crippen molar-refractivity contribution in [2.75, 3.05) is 0 Å². The molecule has 5 heteroatoms. The number of hydrogen-bond acceptors (Lipinski definition) is 3. The molecule has 0 spiro atoms. The van der Waals surface area contributed by atoms with Crippen molar-refractivity contribution in [1.82, 2.24) is 0 Å². The summed E-state index contributed by atoms with van der Waals surface area (Å²) in [6.45, 7) is 1.49. The van der Waals surface area contributed by atoms with Gasteiger partial charge in [0.15, 0.2) is 9.84 Å². The fourth-order valence-electron chi connectivity index (χ4n) is 1.91. The van der Waals surface area contributed by atoms with E-state index in [9.17, 15) is 13.2 Å². The van der Waals surface area contributed by atoms with Gasteiger partial charge in [0.2, 0.25) is 0 Å². The van der Waals surface area contributed by atoms with E-state index >= 15 is 0 Å². The van der Waals surface area contributed by atoms with Gasteiger partial charge in [0.05, 0.1) is 16.9 Å². The lowest BCUT2D eigenvalue weighted by atomic mass is 10.3. The van der Waals surface area contributed by atoms with Crippen molar-refractivity contribution >= 4 is 15.8 Å². The molecule has 1 saturated carbocycles. The lowest BCUT2D eigenvalue weighted by Crippen LogP contribution is -2.30. The highest BCUT2D eigenvalue weighted by Crippen LogP contribution is 2.28. The number of sulfone groups is 1. The van der Waals surface area contributed by atoms with Crippen LogP contribution in [0, 0.1) is 0 Å². The minimum absolute atomic E-state index is 0.279. The van der Waals surface area contributed by atoms with E-state index in [0.717, 1.165) is 12.8 Å². The van der Waals surface area contributed by atoms with Crippen LogP contribution in [-0.2, 0) is 14.6 Å². The summed E-state index contributed by atoms with van der Waals surface area (Å²) in [7, 11) is -3.21. The van der Waals surface area contributed by atoms with E-state index in [4.69, 9.17) is 5.11 Å². The molecule has 1 aliphatic carbocycles. The number of carboxylic acid groups (broad SMARTS) is 1. The van der Waals surface area contributed by atoms with Crippen LogP contribution in [-0.4, -0.2) is 30.0 Å². The molecule has 0 amide bonds. The number of rotatable bonds is 4. The van der Waals surface area contributed by atoms with E-state index in [2.05, 4.69) is 0 Å². The molecule has 82 valence electrons. The molecule has 0 radical (unpaired) electrons. The van der Waals surface area contributed by atoms with Gasteiger partial charge in [-0.3, -0.25) is 4.79 Å². The summed E-state index contributed by atoms with van der Waals surface area (Å²) in [5.41, 5.74) is 0. The van der Waals surface area contributed by atoms with Gasteiger partial charge in [-0.1, -0.05) is 12.8 Å². The summed E-state index contributed by atoms with van der Waals surface area (Å²) in [5.74, 6) is -1.04. The first-order chi connectivity index (χ1) is 6.44. The Balaban J connectivity index is 2.68. The molecule has 1 N–H and O–H groups in total. The fourth-order valence-corrected chi connectivity index (χ4v) is 3.93. The Kier molecular flexibility index (Phi) is 3.53. The number of hydrogen-bond donors (Lipinski definition) is 1. The highest BCUT2D eigenvalue weighted by atomic mass is 32.2. The molecule has 1 atom stereocenters. The zero-order chi connectivity index (χ0) is 10.8. The smallest absolute Gasteiger partial charge is 0.304 e. The summed E-state index contributed by atoms with van der Waals surface area (Å²) >= 11 is 0. The Bertz CT molecular complexity index is 301. The minimum Gasteiger partial charge on any atom is -0.481 e. The van der Waals surface area contributed by atoms with Crippen LogP contribution >= 0.6 is 0 Å². The predicted octanol–water partition coefficient (Wildman–Crippen LogP) is 1.21. The van der Waals surface area contributed by atoms with Crippen molar-refractivity contribution in [3.63, 3.8) is 0 Å². The van der Waals surface area contributed by atoms with Crippen molar-refractivity contribution in [3.8, 4) is 0 Å². The van der Waals surface area contributed by atoms with Crippen molar-refractivity contribution in [2.45, 2.75) is 49.5 Å². The van der Waals surface area contributed by atoms with Gasteiger partial charge < -0.3 is 5.11 Å². The van der Waals surface area contributed by atoms with Gasteiger partial charge >= 0.3 is 5.97 Å². The lowest BCUT2D eigenvalue weighted by molar-refractivity contribution is -0.136. The number of carboxylic acids is 1. The summed E-state index contributed by atoms with van der Waals surface area (Å²) in [5, 5.41) is 7.48. The topological polar surface area (TPSA) is 71.4 Å². The maximum Gasteiger partial charge on any atom is 0.304 e. The van der Waals surface area contributed by atoms with Crippen molar-refractivity contribution in [2.24, 2.45) is 0 Å². The first-order valence-electron chi connectivity index (χ1n) is 4.89. The molecule has 0 aromatic heterocycles. The molecule has 1 fully saturated rings. The van der Waals surface area contributed by atoms with Crippen molar-refractivity contribution in [1.29, 1.82) is 0 Å². The van der Waals surface area contributed by atoms with E-state index in [1.165, 1.54) is 6.92 Å². The second-order valence-electron chi connectivity index (χ2n) is 3.90. The molecule has 14 heavy (non-hydrogen) atoms. The van der Waals surface area contributed by atoms with Crippen LogP contribution < -0.4 is 0 Å². The predicted molar refractivity (Wildman–Crippen MR) is 52.9 cm³/mol.